The van der Waals surface area contributed by atoms with E-state index in [-0.39, 0.29) is 11.8 Å². The molecule has 17 heavy (non-hydrogen) atoms. The third kappa shape index (κ3) is 2.18. The quantitative estimate of drug-likeness (QED) is 0.869. The van der Waals surface area contributed by atoms with Gasteiger partial charge in [-0.3, -0.25) is 9.48 Å². The molecule has 0 radical (unpaired) electrons. The van der Waals surface area contributed by atoms with Crippen molar-refractivity contribution in [3.8, 4) is 0 Å². The Hall–Kier alpha value is -1.39. The predicted octanol–water partition coefficient (Wildman–Crippen LogP) is 1.73. The molecule has 1 aliphatic carbocycles. The maximum atomic E-state index is 11.3. The topological polar surface area (TPSA) is 68.0 Å². The van der Waals surface area contributed by atoms with Crippen LogP contribution in [-0.4, -0.2) is 25.8 Å². The van der Waals surface area contributed by atoms with Gasteiger partial charge in [-0.05, 0) is 25.7 Å². The maximum Gasteiger partial charge on any atom is 0.307 e. The second-order valence-electron chi connectivity index (χ2n) is 4.94. The number of aromatic nitrogens is 3. The van der Waals surface area contributed by atoms with Crippen molar-refractivity contribution in [2.45, 2.75) is 39.0 Å². The molecule has 1 aromatic rings. The second kappa shape index (κ2) is 4.47. The first kappa shape index (κ1) is 12.1. The van der Waals surface area contributed by atoms with Crippen molar-refractivity contribution < 1.29 is 9.90 Å². The van der Waals surface area contributed by atoms with Gasteiger partial charge < -0.3 is 5.11 Å². The molecule has 1 saturated carbocycles. The van der Waals surface area contributed by atoms with Gasteiger partial charge in [-0.2, -0.15) is 5.10 Å². The normalized spacial score (nSPS) is 28.5. The van der Waals surface area contributed by atoms with Gasteiger partial charge in [-0.15, -0.1) is 0 Å². The molecule has 1 heterocycles. The molecule has 1 fully saturated rings. The molecule has 0 aromatic carbocycles. The summed E-state index contributed by atoms with van der Waals surface area (Å²) in [5.41, 5.74) is 0. The number of carbonyl (C=O) groups is 1. The van der Waals surface area contributed by atoms with Crippen LogP contribution in [0, 0.1) is 18.8 Å². The number of aryl methyl sites for hydroxylation is 2. The highest BCUT2D eigenvalue weighted by atomic mass is 16.4. The molecule has 0 spiro atoms. The van der Waals surface area contributed by atoms with E-state index in [4.69, 9.17) is 0 Å². The van der Waals surface area contributed by atoms with Gasteiger partial charge in [0.1, 0.15) is 11.6 Å². The van der Waals surface area contributed by atoms with E-state index in [1.807, 2.05) is 14.0 Å². The minimum absolute atomic E-state index is 0.0173. The van der Waals surface area contributed by atoms with Gasteiger partial charge in [-0.25, -0.2) is 4.98 Å². The van der Waals surface area contributed by atoms with Gasteiger partial charge in [0, 0.05) is 13.0 Å². The summed E-state index contributed by atoms with van der Waals surface area (Å²) in [5.74, 6) is 1.05. The Kier molecular flexibility index (Phi) is 3.17. The van der Waals surface area contributed by atoms with Gasteiger partial charge in [-0.1, -0.05) is 13.3 Å². The van der Waals surface area contributed by atoms with E-state index in [0.29, 0.717) is 11.7 Å². The van der Waals surface area contributed by atoms with Crippen LogP contribution in [0.5, 0.6) is 0 Å². The molecule has 1 N–H and O–H groups in total. The Morgan fingerprint density at radius 2 is 2.24 bits per heavy atom. The minimum Gasteiger partial charge on any atom is -0.481 e. The lowest BCUT2D eigenvalue weighted by molar-refractivity contribution is -0.142. The fourth-order valence-electron chi connectivity index (χ4n) is 2.89. The van der Waals surface area contributed by atoms with Crippen molar-refractivity contribution in [1.82, 2.24) is 14.8 Å². The maximum absolute atomic E-state index is 11.3. The molecular formula is C12H19N3O2. The first-order valence-electron chi connectivity index (χ1n) is 6.13. The molecule has 0 bridgehead atoms. The van der Waals surface area contributed by atoms with Crippen molar-refractivity contribution in [3.63, 3.8) is 0 Å². The Bertz CT molecular complexity index is 427. The summed E-state index contributed by atoms with van der Waals surface area (Å²) in [4.78, 5) is 15.7. The van der Waals surface area contributed by atoms with Gasteiger partial charge in [0.15, 0.2) is 0 Å². The SMILES string of the molecule is CCC1CC(C(=O)O)C(c2nc(C)nn2C)C1. The zero-order chi connectivity index (χ0) is 12.6. The van der Waals surface area contributed by atoms with Crippen molar-refractivity contribution in [3.05, 3.63) is 11.6 Å². The van der Waals surface area contributed by atoms with Crippen LogP contribution in [0.25, 0.3) is 0 Å². The van der Waals surface area contributed by atoms with E-state index in [2.05, 4.69) is 17.0 Å². The van der Waals surface area contributed by atoms with Crippen molar-refractivity contribution in [1.29, 1.82) is 0 Å². The zero-order valence-corrected chi connectivity index (χ0v) is 10.6. The van der Waals surface area contributed by atoms with E-state index < -0.39 is 5.97 Å². The number of aliphatic carboxylic acids is 1. The molecule has 94 valence electrons. The summed E-state index contributed by atoms with van der Waals surface area (Å²) in [6.07, 6.45) is 2.72. The number of hydrogen-bond acceptors (Lipinski definition) is 3. The van der Waals surface area contributed by atoms with Crippen LogP contribution in [0.4, 0.5) is 0 Å². The fraction of sp³-hybridized carbons (Fsp3) is 0.750. The van der Waals surface area contributed by atoms with Gasteiger partial charge in [0.2, 0.25) is 0 Å². The Morgan fingerprint density at radius 1 is 1.53 bits per heavy atom. The highest BCUT2D eigenvalue weighted by molar-refractivity contribution is 5.71. The van der Waals surface area contributed by atoms with Gasteiger partial charge in [0.05, 0.1) is 5.92 Å². The van der Waals surface area contributed by atoms with Gasteiger partial charge >= 0.3 is 5.97 Å². The lowest BCUT2D eigenvalue weighted by Gasteiger charge is -2.14. The van der Waals surface area contributed by atoms with E-state index in [9.17, 15) is 9.90 Å². The van der Waals surface area contributed by atoms with Gasteiger partial charge in [0.25, 0.3) is 0 Å². The lowest BCUT2D eigenvalue weighted by atomic mass is 9.95. The van der Waals surface area contributed by atoms with E-state index in [1.165, 1.54) is 0 Å². The summed E-state index contributed by atoms with van der Waals surface area (Å²) >= 11 is 0. The molecule has 0 aliphatic heterocycles. The summed E-state index contributed by atoms with van der Waals surface area (Å²) in [7, 11) is 1.84. The molecular weight excluding hydrogens is 218 g/mol. The van der Waals surface area contributed by atoms with E-state index in [0.717, 1.165) is 25.1 Å². The molecule has 5 nitrogen and oxygen atoms in total. The number of carboxylic acid groups (broad SMARTS) is 1. The molecule has 3 atom stereocenters. The Labute approximate surface area is 101 Å². The lowest BCUT2D eigenvalue weighted by Crippen LogP contribution is -2.19. The summed E-state index contributed by atoms with van der Waals surface area (Å²) in [6.45, 7) is 3.96. The minimum atomic E-state index is -0.702. The van der Waals surface area contributed by atoms with Crippen LogP contribution in [0.15, 0.2) is 0 Å². The Morgan fingerprint density at radius 3 is 2.71 bits per heavy atom. The molecule has 1 aromatic heterocycles. The summed E-state index contributed by atoms with van der Waals surface area (Å²) in [6, 6.07) is 0. The van der Waals surface area contributed by atoms with Crippen LogP contribution in [0.1, 0.15) is 43.8 Å². The van der Waals surface area contributed by atoms with Crippen LogP contribution in [0.3, 0.4) is 0 Å². The molecule has 0 amide bonds. The zero-order valence-electron chi connectivity index (χ0n) is 10.6. The van der Waals surface area contributed by atoms with Crippen LogP contribution in [0.2, 0.25) is 0 Å². The highest BCUT2D eigenvalue weighted by Crippen LogP contribution is 2.43. The average Bonchev–Trinajstić information content (AvgIpc) is 2.81. The molecule has 2 rings (SSSR count). The van der Waals surface area contributed by atoms with E-state index in [1.54, 1.807) is 4.68 Å². The molecule has 1 aliphatic rings. The number of carboxylic acids is 1. The molecule has 0 saturated heterocycles. The number of rotatable bonds is 3. The smallest absolute Gasteiger partial charge is 0.307 e. The Balaban J connectivity index is 2.29. The third-order valence-electron chi connectivity index (χ3n) is 3.79. The monoisotopic (exact) mass is 237 g/mol. The number of hydrogen-bond donors (Lipinski definition) is 1. The molecule has 3 unspecified atom stereocenters. The third-order valence-corrected chi connectivity index (χ3v) is 3.79. The number of nitrogens with zero attached hydrogens (tertiary/aromatic N) is 3. The average molecular weight is 237 g/mol. The predicted molar refractivity (Wildman–Crippen MR) is 62.6 cm³/mol. The van der Waals surface area contributed by atoms with Crippen molar-refractivity contribution >= 4 is 5.97 Å². The second-order valence-corrected chi connectivity index (χ2v) is 4.94. The summed E-state index contributed by atoms with van der Waals surface area (Å²) in [5, 5.41) is 13.5. The van der Waals surface area contributed by atoms with Crippen LogP contribution < -0.4 is 0 Å². The first-order valence-corrected chi connectivity index (χ1v) is 6.13. The van der Waals surface area contributed by atoms with Crippen molar-refractivity contribution in [2.75, 3.05) is 0 Å². The van der Waals surface area contributed by atoms with E-state index >= 15 is 0 Å². The molecule has 5 heteroatoms. The first-order chi connectivity index (χ1) is 8.02. The fourth-order valence-corrected chi connectivity index (χ4v) is 2.89. The van der Waals surface area contributed by atoms with Crippen molar-refractivity contribution in [2.24, 2.45) is 18.9 Å². The summed E-state index contributed by atoms with van der Waals surface area (Å²) < 4.78 is 1.73. The largest absolute Gasteiger partial charge is 0.481 e. The highest BCUT2D eigenvalue weighted by Gasteiger charge is 2.41. The standard InChI is InChI=1S/C12H19N3O2/c1-4-8-5-9(10(6-8)12(16)17)11-13-7(2)14-15(11)3/h8-10H,4-6H2,1-3H3,(H,16,17). The van der Waals surface area contributed by atoms with Crippen LogP contribution in [-0.2, 0) is 11.8 Å². The van der Waals surface area contributed by atoms with Crippen LogP contribution >= 0.6 is 0 Å².